The first-order valence-electron chi connectivity index (χ1n) is 7.53. The Morgan fingerprint density at radius 3 is 2.84 bits per heavy atom. The molecule has 0 aromatic rings. The van der Waals surface area contributed by atoms with Gasteiger partial charge in [-0.05, 0) is 38.6 Å². The number of nitrogens with one attached hydrogen (secondary N) is 2. The molecule has 2 amide bonds. The van der Waals surface area contributed by atoms with Crippen LogP contribution in [0.4, 0.5) is 0 Å². The minimum Gasteiger partial charge on any atom is -0.353 e. The summed E-state index contributed by atoms with van der Waals surface area (Å²) >= 11 is 0. The Morgan fingerprint density at radius 1 is 1.32 bits per heavy atom. The molecule has 0 bridgehead atoms. The molecule has 5 heteroatoms. The zero-order valence-corrected chi connectivity index (χ0v) is 11.8. The lowest BCUT2D eigenvalue weighted by atomic mass is 10.1. The smallest absolute Gasteiger partial charge is 0.242 e. The van der Waals surface area contributed by atoms with Gasteiger partial charge in [-0.15, -0.1) is 0 Å². The van der Waals surface area contributed by atoms with Crippen molar-refractivity contribution in [1.29, 1.82) is 0 Å². The fourth-order valence-electron chi connectivity index (χ4n) is 2.97. The molecule has 2 rings (SSSR count). The first-order chi connectivity index (χ1) is 9.22. The van der Waals surface area contributed by atoms with Crippen LogP contribution in [0.15, 0.2) is 0 Å². The highest BCUT2D eigenvalue weighted by molar-refractivity contribution is 5.88. The highest BCUT2D eigenvalue weighted by atomic mass is 16.2. The maximum atomic E-state index is 12.2. The van der Waals surface area contributed by atoms with Crippen LogP contribution in [0.25, 0.3) is 0 Å². The molecule has 2 aliphatic heterocycles. The van der Waals surface area contributed by atoms with E-state index >= 15 is 0 Å². The zero-order chi connectivity index (χ0) is 13.7. The van der Waals surface area contributed by atoms with E-state index in [0.29, 0.717) is 19.0 Å². The second-order valence-electron chi connectivity index (χ2n) is 5.53. The summed E-state index contributed by atoms with van der Waals surface area (Å²) in [5.41, 5.74) is 0. The zero-order valence-electron chi connectivity index (χ0n) is 11.8. The summed E-state index contributed by atoms with van der Waals surface area (Å²) in [6.07, 6.45) is 5.45. The van der Waals surface area contributed by atoms with Gasteiger partial charge in [-0.3, -0.25) is 9.59 Å². The summed E-state index contributed by atoms with van der Waals surface area (Å²) in [5.74, 6) is 0.148. The van der Waals surface area contributed by atoms with Gasteiger partial charge >= 0.3 is 0 Å². The molecule has 0 aromatic carbocycles. The van der Waals surface area contributed by atoms with Crippen LogP contribution >= 0.6 is 0 Å². The lowest BCUT2D eigenvalue weighted by Gasteiger charge is -2.24. The molecular formula is C14H25N3O2. The first-order valence-corrected chi connectivity index (χ1v) is 7.53. The van der Waals surface area contributed by atoms with Gasteiger partial charge in [0.05, 0.1) is 0 Å². The van der Waals surface area contributed by atoms with Crippen molar-refractivity contribution < 1.29 is 9.59 Å². The van der Waals surface area contributed by atoms with Crippen LogP contribution in [0.2, 0.25) is 0 Å². The Hall–Kier alpha value is -1.10. The van der Waals surface area contributed by atoms with Crippen molar-refractivity contribution in [3.05, 3.63) is 0 Å². The van der Waals surface area contributed by atoms with Crippen LogP contribution < -0.4 is 10.6 Å². The van der Waals surface area contributed by atoms with Gasteiger partial charge in [0.15, 0.2) is 0 Å². The summed E-state index contributed by atoms with van der Waals surface area (Å²) in [5, 5.41) is 6.36. The number of likely N-dealkylation sites (tertiary alicyclic amines) is 1. The molecular weight excluding hydrogens is 242 g/mol. The van der Waals surface area contributed by atoms with E-state index in [1.54, 1.807) is 4.90 Å². The van der Waals surface area contributed by atoms with E-state index in [1.165, 1.54) is 6.42 Å². The molecule has 19 heavy (non-hydrogen) atoms. The molecule has 0 radical (unpaired) electrons. The fraction of sp³-hybridized carbons (Fsp3) is 0.857. The maximum Gasteiger partial charge on any atom is 0.242 e. The number of carbonyl (C=O) groups excluding carboxylic acids is 2. The van der Waals surface area contributed by atoms with Gasteiger partial charge in [0.1, 0.15) is 6.04 Å². The summed E-state index contributed by atoms with van der Waals surface area (Å²) in [6.45, 7) is 4.46. The Balaban J connectivity index is 1.81. The number of rotatable bonds is 5. The second kappa shape index (κ2) is 6.89. The van der Waals surface area contributed by atoms with Gasteiger partial charge in [0, 0.05) is 25.6 Å². The van der Waals surface area contributed by atoms with E-state index in [0.717, 1.165) is 38.8 Å². The fourth-order valence-corrected chi connectivity index (χ4v) is 2.97. The van der Waals surface area contributed by atoms with E-state index in [9.17, 15) is 9.59 Å². The third-order valence-electron chi connectivity index (χ3n) is 4.02. The van der Waals surface area contributed by atoms with Crippen LogP contribution in [0.5, 0.6) is 0 Å². The molecule has 0 spiro atoms. The highest BCUT2D eigenvalue weighted by Gasteiger charge is 2.33. The normalized spacial score (nSPS) is 26.7. The molecule has 108 valence electrons. The Labute approximate surface area is 115 Å². The van der Waals surface area contributed by atoms with Crippen molar-refractivity contribution >= 4 is 11.8 Å². The van der Waals surface area contributed by atoms with Crippen molar-refractivity contribution in [2.45, 2.75) is 57.5 Å². The van der Waals surface area contributed by atoms with Crippen molar-refractivity contribution in [2.24, 2.45) is 0 Å². The molecule has 2 unspecified atom stereocenters. The monoisotopic (exact) mass is 267 g/mol. The van der Waals surface area contributed by atoms with Gasteiger partial charge < -0.3 is 15.5 Å². The quantitative estimate of drug-likeness (QED) is 0.768. The summed E-state index contributed by atoms with van der Waals surface area (Å²) in [6, 6.07) is 0.172. The van der Waals surface area contributed by atoms with Gasteiger partial charge in [0.25, 0.3) is 0 Å². The van der Waals surface area contributed by atoms with Crippen LogP contribution in [-0.4, -0.2) is 48.4 Å². The van der Waals surface area contributed by atoms with Gasteiger partial charge in [-0.25, -0.2) is 0 Å². The molecule has 2 aliphatic rings. The molecule has 2 heterocycles. The molecule has 0 saturated carbocycles. The van der Waals surface area contributed by atoms with Crippen LogP contribution in [0.1, 0.15) is 45.4 Å². The Morgan fingerprint density at radius 2 is 2.16 bits per heavy atom. The first kappa shape index (κ1) is 14.3. The van der Waals surface area contributed by atoms with Crippen molar-refractivity contribution in [3.8, 4) is 0 Å². The van der Waals surface area contributed by atoms with Crippen molar-refractivity contribution in [2.75, 3.05) is 19.6 Å². The van der Waals surface area contributed by atoms with E-state index < -0.39 is 0 Å². The summed E-state index contributed by atoms with van der Waals surface area (Å²) in [4.78, 5) is 25.9. The maximum absolute atomic E-state index is 12.2. The molecule has 2 N–H and O–H groups in total. The standard InChI is InChI=1S/C14H25N3O2/c1-2-5-13(18)17-9-4-7-12(17)14(19)16-10-11-6-3-8-15-11/h11-12,15H,2-10H2,1H3,(H,16,19). The van der Waals surface area contributed by atoms with Gasteiger partial charge in [0.2, 0.25) is 11.8 Å². The summed E-state index contributed by atoms with van der Waals surface area (Å²) in [7, 11) is 0. The van der Waals surface area contributed by atoms with Gasteiger partial charge in [-0.2, -0.15) is 0 Å². The Bertz CT molecular complexity index is 327. The third kappa shape index (κ3) is 3.69. The van der Waals surface area contributed by atoms with Crippen LogP contribution in [0.3, 0.4) is 0 Å². The molecule has 2 saturated heterocycles. The van der Waals surface area contributed by atoms with E-state index in [2.05, 4.69) is 10.6 Å². The Kier molecular flexibility index (Phi) is 5.19. The molecule has 5 nitrogen and oxygen atoms in total. The van der Waals surface area contributed by atoms with Crippen LogP contribution in [-0.2, 0) is 9.59 Å². The van der Waals surface area contributed by atoms with Crippen molar-refractivity contribution in [3.63, 3.8) is 0 Å². The predicted molar refractivity (Wildman–Crippen MR) is 73.7 cm³/mol. The molecule has 2 fully saturated rings. The largest absolute Gasteiger partial charge is 0.353 e. The summed E-state index contributed by atoms with van der Waals surface area (Å²) < 4.78 is 0. The average Bonchev–Trinajstić information content (AvgIpc) is 3.07. The average molecular weight is 267 g/mol. The van der Waals surface area contributed by atoms with E-state index in [-0.39, 0.29) is 17.9 Å². The van der Waals surface area contributed by atoms with Gasteiger partial charge in [-0.1, -0.05) is 6.92 Å². The van der Waals surface area contributed by atoms with Crippen LogP contribution in [0, 0.1) is 0 Å². The highest BCUT2D eigenvalue weighted by Crippen LogP contribution is 2.19. The minimum absolute atomic E-state index is 0.0238. The van der Waals surface area contributed by atoms with Crippen molar-refractivity contribution in [1.82, 2.24) is 15.5 Å². The number of amides is 2. The SMILES string of the molecule is CCCC(=O)N1CCCC1C(=O)NCC1CCCN1. The lowest BCUT2D eigenvalue weighted by molar-refractivity contribution is -0.138. The van der Waals surface area contributed by atoms with E-state index in [4.69, 9.17) is 0 Å². The number of carbonyl (C=O) groups is 2. The molecule has 0 aromatic heterocycles. The lowest BCUT2D eigenvalue weighted by Crippen LogP contribution is -2.48. The molecule has 2 atom stereocenters. The second-order valence-corrected chi connectivity index (χ2v) is 5.53. The number of hydrogen-bond donors (Lipinski definition) is 2. The predicted octanol–water partition coefficient (Wildman–Crippen LogP) is 0.646. The number of nitrogens with zero attached hydrogens (tertiary/aromatic N) is 1. The molecule has 0 aliphatic carbocycles. The third-order valence-corrected chi connectivity index (χ3v) is 4.02. The van der Waals surface area contributed by atoms with E-state index in [1.807, 2.05) is 6.92 Å². The number of hydrogen-bond acceptors (Lipinski definition) is 3. The topological polar surface area (TPSA) is 61.4 Å². The minimum atomic E-state index is -0.236.